The fourth-order valence-electron chi connectivity index (χ4n) is 2.20. The highest BCUT2D eigenvalue weighted by Crippen LogP contribution is 2.29. The average molecular weight is 405 g/mol. The topological polar surface area (TPSA) is 108 Å². The number of carbonyl (C=O) groups is 2. The lowest BCUT2D eigenvalue weighted by molar-refractivity contribution is -0.384. The van der Waals surface area contributed by atoms with Crippen LogP contribution in [0.1, 0.15) is 15.9 Å². The summed E-state index contributed by atoms with van der Waals surface area (Å²) in [5, 5.41) is 13.3. The maximum Gasteiger partial charge on any atom is 0.288 e. The van der Waals surface area contributed by atoms with E-state index in [2.05, 4.69) is 5.32 Å². The van der Waals surface area contributed by atoms with Crippen LogP contribution in [0.2, 0.25) is 5.02 Å². The molecule has 0 unspecified atom stereocenters. The number of rotatable bonds is 8. The number of halogens is 1. The van der Waals surface area contributed by atoms with Crippen molar-refractivity contribution in [3.63, 3.8) is 0 Å². The van der Waals surface area contributed by atoms with E-state index < -0.39 is 10.7 Å². The molecule has 0 fully saturated rings. The Bertz CT molecular complexity index is 942. The molecule has 0 heterocycles. The molecule has 0 saturated heterocycles. The van der Waals surface area contributed by atoms with Crippen LogP contribution in [0.3, 0.4) is 0 Å². The number of ketones is 1. The lowest BCUT2D eigenvalue weighted by atomic mass is 10.1. The number of nitro groups is 1. The molecule has 1 amide bonds. The van der Waals surface area contributed by atoms with E-state index in [1.165, 1.54) is 38.4 Å². The quantitative estimate of drug-likeness (QED) is 0.313. The minimum absolute atomic E-state index is 0.0393. The number of nitrogens with one attached hydrogen (secondary N) is 1. The molecule has 8 nitrogen and oxygen atoms in total. The van der Waals surface area contributed by atoms with Crippen molar-refractivity contribution in [2.45, 2.75) is 0 Å². The summed E-state index contributed by atoms with van der Waals surface area (Å²) in [7, 11) is 2.96. The minimum atomic E-state index is -0.648. The highest BCUT2D eigenvalue weighted by atomic mass is 35.5. The number of allylic oxidation sites excluding steroid dienone is 1. The van der Waals surface area contributed by atoms with Gasteiger partial charge in [0.1, 0.15) is 5.02 Å². The lowest BCUT2D eigenvalue weighted by Gasteiger charge is -2.10. The van der Waals surface area contributed by atoms with E-state index in [9.17, 15) is 19.7 Å². The molecule has 0 saturated carbocycles. The maximum atomic E-state index is 12.3. The molecule has 0 bridgehead atoms. The first-order chi connectivity index (χ1) is 13.3. The molecule has 2 rings (SSSR count). The first-order valence-corrected chi connectivity index (χ1v) is 8.41. The highest BCUT2D eigenvalue weighted by molar-refractivity contribution is 6.32. The lowest BCUT2D eigenvalue weighted by Crippen LogP contribution is -2.24. The van der Waals surface area contributed by atoms with Gasteiger partial charge >= 0.3 is 0 Å². The Balaban J connectivity index is 2.17. The molecule has 1 N–H and O–H groups in total. The van der Waals surface area contributed by atoms with Crippen molar-refractivity contribution in [3.8, 4) is 11.5 Å². The number of methoxy groups -OCH3 is 1. The number of ether oxygens (including phenoxy) is 2. The zero-order valence-electron chi connectivity index (χ0n) is 15.1. The number of amides is 1. The summed E-state index contributed by atoms with van der Waals surface area (Å²) < 4.78 is 10.6. The Hall–Kier alpha value is -3.39. The molecular weight excluding hydrogens is 388 g/mol. The second-order valence-corrected chi connectivity index (χ2v) is 5.90. The molecule has 0 spiro atoms. The van der Waals surface area contributed by atoms with E-state index in [-0.39, 0.29) is 28.8 Å². The summed E-state index contributed by atoms with van der Waals surface area (Å²) in [6.45, 7) is -0.157. The van der Waals surface area contributed by atoms with Crippen molar-refractivity contribution in [2.75, 3.05) is 20.8 Å². The third-order valence-corrected chi connectivity index (χ3v) is 4.00. The second kappa shape index (κ2) is 9.52. The van der Waals surface area contributed by atoms with Gasteiger partial charge in [0.15, 0.2) is 23.9 Å². The predicted molar refractivity (Wildman–Crippen MR) is 104 cm³/mol. The zero-order valence-corrected chi connectivity index (χ0v) is 15.9. The van der Waals surface area contributed by atoms with E-state index in [0.717, 1.165) is 6.07 Å². The molecule has 146 valence electrons. The molecule has 0 radical (unpaired) electrons. The van der Waals surface area contributed by atoms with Crippen LogP contribution in [-0.4, -0.2) is 37.4 Å². The van der Waals surface area contributed by atoms with Gasteiger partial charge in [0, 0.05) is 18.7 Å². The van der Waals surface area contributed by atoms with Crippen LogP contribution in [0.5, 0.6) is 11.5 Å². The van der Waals surface area contributed by atoms with Crippen LogP contribution < -0.4 is 14.8 Å². The van der Waals surface area contributed by atoms with Crippen molar-refractivity contribution in [1.82, 2.24) is 5.32 Å². The number of hydrogen-bond acceptors (Lipinski definition) is 6. The summed E-state index contributed by atoms with van der Waals surface area (Å²) in [5.41, 5.74) is 0.450. The minimum Gasteiger partial charge on any atom is -0.493 e. The third-order valence-electron chi connectivity index (χ3n) is 3.68. The van der Waals surface area contributed by atoms with Crippen molar-refractivity contribution in [2.24, 2.45) is 0 Å². The first-order valence-electron chi connectivity index (χ1n) is 8.03. The number of benzene rings is 2. The van der Waals surface area contributed by atoms with Gasteiger partial charge in [-0.3, -0.25) is 19.7 Å². The number of carbonyl (C=O) groups excluding carboxylic acids is 2. The molecule has 9 heteroatoms. The molecule has 0 aliphatic heterocycles. The van der Waals surface area contributed by atoms with Gasteiger partial charge in [-0.25, -0.2) is 0 Å². The number of nitrogens with zero attached hydrogens (tertiary/aromatic N) is 1. The van der Waals surface area contributed by atoms with Gasteiger partial charge in [-0.15, -0.1) is 0 Å². The van der Waals surface area contributed by atoms with E-state index in [1.807, 2.05) is 0 Å². The summed E-state index contributed by atoms with van der Waals surface area (Å²) in [4.78, 5) is 33.8. The van der Waals surface area contributed by atoms with Gasteiger partial charge in [-0.2, -0.15) is 0 Å². The number of nitro benzene ring substituents is 1. The summed E-state index contributed by atoms with van der Waals surface area (Å²) in [6, 6.07) is 8.77. The molecule has 2 aromatic rings. The summed E-state index contributed by atoms with van der Waals surface area (Å²) >= 11 is 5.75. The van der Waals surface area contributed by atoms with Crippen LogP contribution >= 0.6 is 11.6 Å². The van der Waals surface area contributed by atoms with Gasteiger partial charge in [0.25, 0.3) is 11.6 Å². The average Bonchev–Trinajstić information content (AvgIpc) is 2.70. The van der Waals surface area contributed by atoms with E-state index >= 15 is 0 Å². The van der Waals surface area contributed by atoms with E-state index in [1.54, 1.807) is 18.2 Å². The van der Waals surface area contributed by atoms with Crippen molar-refractivity contribution in [1.29, 1.82) is 0 Å². The first kappa shape index (κ1) is 20.9. The summed E-state index contributed by atoms with van der Waals surface area (Å²) in [6.07, 6.45) is 2.82. The Kier molecular flexibility index (Phi) is 7.11. The molecule has 0 aromatic heterocycles. The third kappa shape index (κ3) is 5.31. The van der Waals surface area contributed by atoms with Crippen molar-refractivity contribution >= 4 is 35.1 Å². The van der Waals surface area contributed by atoms with Crippen LogP contribution in [0.4, 0.5) is 5.69 Å². The highest BCUT2D eigenvalue weighted by Gasteiger charge is 2.15. The van der Waals surface area contributed by atoms with Gasteiger partial charge < -0.3 is 14.8 Å². The largest absolute Gasteiger partial charge is 0.493 e. The van der Waals surface area contributed by atoms with Gasteiger partial charge in [0.05, 0.1) is 12.0 Å². The van der Waals surface area contributed by atoms with Crippen LogP contribution in [0.15, 0.2) is 42.5 Å². The Morgan fingerprint density at radius 1 is 1.21 bits per heavy atom. The van der Waals surface area contributed by atoms with Crippen LogP contribution in [0.25, 0.3) is 6.08 Å². The van der Waals surface area contributed by atoms with Crippen molar-refractivity contribution < 1.29 is 24.0 Å². The number of hydrogen-bond donors (Lipinski definition) is 1. The van der Waals surface area contributed by atoms with Crippen molar-refractivity contribution in [3.05, 3.63) is 68.7 Å². The molecule has 0 atom stereocenters. The van der Waals surface area contributed by atoms with E-state index in [4.69, 9.17) is 21.1 Å². The fraction of sp³-hybridized carbons (Fsp3) is 0.158. The second-order valence-electron chi connectivity index (χ2n) is 5.49. The standard InChI is InChI=1S/C19H17ClN2O6/c1-21-19(24)11-28-17-8-4-12(9-18(17)27-2)3-7-16(23)13-5-6-14(20)15(10-13)22(25)26/h3-10H,11H2,1-2H3,(H,21,24)/b7-3+. The maximum absolute atomic E-state index is 12.3. The van der Waals surface area contributed by atoms with E-state index in [0.29, 0.717) is 17.1 Å². The van der Waals surface area contributed by atoms with Gasteiger partial charge in [0.2, 0.25) is 0 Å². The molecular formula is C19H17ClN2O6. The predicted octanol–water partition coefficient (Wildman–Crippen LogP) is 3.28. The van der Waals surface area contributed by atoms with Crippen LogP contribution in [-0.2, 0) is 4.79 Å². The van der Waals surface area contributed by atoms with Crippen LogP contribution in [0, 0.1) is 10.1 Å². The molecule has 28 heavy (non-hydrogen) atoms. The van der Waals surface area contributed by atoms with Gasteiger partial charge in [-0.05, 0) is 35.9 Å². The normalized spacial score (nSPS) is 10.5. The zero-order chi connectivity index (χ0) is 20.7. The Morgan fingerprint density at radius 3 is 2.61 bits per heavy atom. The molecule has 2 aromatic carbocycles. The Morgan fingerprint density at radius 2 is 1.96 bits per heavy atom. The number of likely N-dealkylation sites (N-methyl/N-ethyl adjacent to an activating group) is 1. The molecule has 0 aliphatic rings. The summed E-state index contributed by atoms with van der Waals surface area (Å²) in [5.74, 6) is 0.0656. The van der Waals surface area contributed by atoms with Gasteiger partial charge in [-0.1, -0.05) is 23.7 Å². The smallest absolute Gasteiger partial charge is 0.288 e. The molecule has 0 aliphatic carbocycles. The SMILES string of the molecule is CNC(=O)COc1ccc(/C=C/C(=O)c2ccc(Cl)c([N+](=O)[O-])c2)cc1OC. The Labute approximate surface area is 165 Å². The fourth-order valence-corrected chi connectivity index (χ4v) is 2.38. The monoisotopic (exact) mass is 404 g/mol.